The molecule has 0 N–H and O–H groups in total. The molecule has 0 bridgehead atoms. The number of carbonyl (C=O) groups excluding carboxylic acids is 1. The largest absolute Gasteiger partial charge is 0.493 e. The Balaban J connectivity index is 1.25. The van der Waals surface area contributed by atoms with Gasteiger partial charge in [0.15, 0.2) is 11.5 Å². The van der Waals surface area contributed by atoms with E-state index in [1.165, 1.54) is 0 Å². The lowest BCUT2D eigenvalue weighted by atomic mass is 9.45. The van der Waals surface area contributed by atoms with E-state index in [1.54, 1.807) is 320 Å². The molecule has 67 heavy (non-hydrogen) atoms. The number of allylic oxidation sites excluding steroid dienone is 2. The SMILES string of the molecule is COC1=CC23c4c5c6c7c8c9c(c%10c%11c2c2c4c4c%12c5c5c6c6c8c8c%13c9c9c%10c%10c%11c%11c2c2c4c4c%12c%12c5c5c6c8c6c8c%13c9c9c%10c%10c%11c2c2c4c4c%12c5c6c5c8c9c%10c2c45)C73CC1=O. The maximum absolute atomic E-state index is 15.6. The molecule has 33 rings (SSSR count). The first-order valence-electron chi connectivity index (χ1n) is 24.9. The van der Waals surface area contributed by atoms with Crippen LogP contribution < -0.4 is 0 Å². The minimum Gasteiger partial charge on any atom is -0.493 e. The molecule has 5 aliphatic carbocycles. The van der Waals surface area contributed by atoms with Crippen molar-refractivity contribution in [3.05, 3.63) is 34.1 Å². The third kappa shape index (κ3) is 1.23. The normalized spacial score (nSPS) is 23.2. The van der Waals surface area contributed by atoms with E-state index in [2.05, 4.69) is 6.08 Å². The van der Waals surface area contributed by atoms with Crippen molar-refractivity contribution in [1.82, 2.24) is 0 Å². The predicted molar refractivity (Wildman–Crippen MR) is 279 cm³/mol. The maximum atomic E-state index is 15.6. The Morgan fingerprint density at radius 3 is 0.612 bits per heavy atom. The van der Waals surface area contributed by atoms with Gasteiger partial charge in [0.1, 0.15) is 0 Å². The quantitative estimate of drug-likeness (QED) is 0.154. The van der Waals surface area contributed by atoms with Crippen molar-refractivity contribution in [2.75, 3.05) is 7.11 Å². The van der Waals surface area contributed by atoms with Crippen molar-refractivity contribution in [2.45, 2.75) is 17.3 Å². The molecule has 0 radical (unpaired) electrons. The molecule has 2 heteroatoms. The number of benzene rings is 18. The summed E-state index contributed by atoms with van der Waals surface area (Å²) in [6, 6.07) is 0. The highest BCUT2D eigenvalue weighted by Gasteiger charge is 2.71. The van der Waals surface area contributed by atoms with Gasteiger partial charge < -0.3 is 4.74 Å². The van der Waals surface area contributed by atoms with Crippen LogP contribution in [0.25, 0.3) is 291 Å². The maximum Gasteiger partial charge on any atom is 0.198 e. The van der Waals surface area contributed by atoms with Gasteiger partial charge in [-0.25, -0.2) is 0 Å². The standard InChI is InChI=1S/C65H6O2/c1-67-5-3-65-62-56-46-36-26-18-10-7-6-8-12-14(10)22-28-20(12)30-24-16(8)17-9(6)13-15-11(7)19(18)27-33-23(15)29-21(13)31-25(17)35-34(24)44-38(30)48-42(28)50(40(46)32(22)26)58(62)54(48)60-52(44)53-45(35)39(31)49-43(29)51-41(33)47(37(27)36)57(56)63(65)59(51)55(49)61(53)64(60,65)2-4(5)66/h3H,2H2,1H3. The fourth-order valence-electron chi connectivity index (χ4n) is 24.8. The van der Waals surface area contributed by atoms with E-state index in [0.29, 0.717) is 12.2 Å². The molecule has 5 aliphatic rings. The van der Waals surface area contributed by atoms with Crippen molar-refractivity contribution in [2.24, 2.45) is 0 Å². The van der Waals surface area contributed by atoms with Crippen LogP contribution in [0.4, 0.5) is 0 Å². The summed E-state index contributed by atoms with van der Waals surface area (Å²) in [6.07, 6.45) is 2.97. The van der Waals surface area contributed by atoms with Crippen LogP contribution in [0.15, 0.2) is 11.8 Å². The van der Waals surface area contributed by atoms with Gasteiger partial charge in [-0.2, -0.15) is 0 Å². The van der Waals surface area contributed by atoms with Gasteiger partial charge in [-0.15, -0.1) is 0 Å². The Kier molecular flexibility index (Phi) is 1.93. The highest BCUT2D eigenvalue weighted by Crippen LogP contribution is 2.85. The monoisotopic (exact) mass is 818 g/mol. The van der Waals surface area contributed by atoms with E-state index < -0.39 is 10.8 Å². The van der Waals surface area contributed by atoms with Crippen molar-refractivity contribution < 1.29 is 9.53 Å². The highest BCUT2D eigenvalue weighted by atomic mass is 16.5. The zero-order valence-electron chi connectivity index (χ0n) is 34.1. The second-order valence-electron chi connectivity index (χ2n) is 24.8. The summed E-state index contributed by atoms with van der Waals surface area (Å²) in [5, 5.41) is 85.9. The van der Waals surface area contributed by atoms with Gasteiger partial charge in [-0.3, -0.25) is 4.79 Å². The second-order valence-corrected chi connectivity index (χ2v) is 24.8. The zero-order valence-corrected chi connectivity index (χ0v) is 34.1. The van der Waals surface area contributed by atoms with Crippen molar-refractivity contribution in [1.29, 1.82) is 0 Å². The molecule has 0 aromatic heterocycles. The summed E-state index contributed by atoms with van der Waals surface area (Å²) < 4.78 is 6.46. The molecule has 2 spiro atoms. The van der Waals surface area contributed by atoms with Gasteiger partial charge in [0, 0.05) is 11.8 Å². The Morgan fingerprint density at radius 2 is 0.433 bits per heavy atom. The number of carbonyl (C=O) groups is 1. The molecule has 2 nitrogen and oxygen atoms in total. The fourth-order valence-corrected chi connectivity index (χ4v) is 24.8. The summed E-state index contributed by atoms with van der Waals surface area (Å²) in [5.74, 6) is 0.772. The molecule has 0 saturated heterocycles. The first-order valence-corrected chi connectivity index (χ1v) is 24.9. The van der Waals surface area contributed by atoms with Crippen LogP contribution in [-0.4, -0.2) is 12.9 Å². The number of hydrogen-bond donors (Lipinski definition) is 0. The second kappa shape index (κ2) is 5.32. The van der Waals surface area contributed by atoms with Crippen LogP contribution in [0.5, 0.6) is 0 Å². The molecule has 0 atom stereocenters. The van der Waals surface area contributed by atoms with Crippen LogP contribution in [0.2, 0.25) is 0 Å². The molecule has 28 aromatic rings. The molecule has 0 saturated carbocycles. The third-order valence-corrected chi connectivity index (χ3v) is 24.8. The van der Waals surface area contributed by atoms with Gasteiger partial charge in [0.05, 0.1) is 12.5 Å². The molecular weight excluding hydrogens is 813 g/mol. The fraction of sp³-hybridized carbons (Fsp3) is 0.0615. The van der Waals surface area contributed by atoms with E-state index in [4.69, 9.17) is 4.74 Å². The lowest BCUT2D eigenvalue weighted by Gasteiger charge is -2.54. The Morgan fingerprint density at radius 1 is 0.269 bits per heavy atom. The molecule has 278 valence electrons. The summed E-state index contributed by atoms with van der Waals surface area (Å²) >= 11 is 0. The minimum absolute atomic E-state index is 0.186. The van der Waals surface area contributed by atoms with Crippen LogP contribution in [0, 0.1) is 0 Å². The molecule has 28 aromatic carbocycles. The third-order valence-electron chi connectivity index (χ3n) is 24.8. The summed E-state index contributed by atoms with van der Waals surface area (Å²) in [6.45, 7) is 0. The van der Waals surface area contributed by atoms with Crippen molar-refractivity contribution in [3.8, 4) is 0 Å². The molecule has 0 aliphatic heterocycles. The molecule has 0 unspecified atom stereocenters. The van der Waals surface area contributed by atoms with Gasteiger partial charge in [0.25, 0.3) is 0 Å². The number of Topliss-reactive ketones (excluding diaryl/α,β-unsaturated/α-hetero) is 1. The Hall–Kier alpha value is -8.33. The summed E-state index contributed by atoms with van der Waals surface area (Å²) in [7, 11) is 1.78. The average molecular weight is 819 g/mol. The first-order chi connectivity index (χ1) is 33.3. The van der Waals surface area contributed by atoms with Crippen molar-refractivity contribution in [3.63, 3.8) is 0 Å². The van der Waals surface area contributed by atoms with Crippen LogP contribution >= 0.6 is 0 Å². The van der Waals surface area contributed by atoms with Gasteiger partial charge in [0.2, 0.25) is 0 Å². The van der Waals surface area contributed by atoms with Crippen molar-refractivity contribution >= 4 is 297 Å². The lowest BCUT2D eigenvalue weighted by Crippen LogP contribution is -2.54. The molecule has 0 fully saturated rings. The van der Waals surface area contributed by atoms with E-state index in [-0.39, 0.29) is 5.78 Å². The summed E-state index contributed by atoms with van der Waals surface area (Å²) in [4.78, 5) is 15.6. The number of ketones is 1. The smallest absolute Gasteiger partial charge is 0.198 e. The van der Waals surface area contributed by atoms with Crippen LogP contribution in [-0.2, 0) is 20.4 Å². The van der Waals surface area contributed by atoms with Gasteiger partial charge in [-0.1, -0.05) is 0 Å². The Bertz CT molecular complexity index is 6990. The number of rotatable bonds is 1. The Labute approximate surface area is 362 Å². The summed E-state index contributed by atoms with van der Waals surface area (Å²) in [5.41, 5.74) is 5.06. The van der Waals surface area contributed by atoms with E-state index >= 15 is 4.79 Å². The number of hydrogen-bond acceptors (Lipinski definition) is 2. The van der Waals surface area contributed by atoms with Crippen LogP contribution in [0.1, 0.15) is 28.7 Å². The van der Waals surface area contributed by atoms with Crippen LogP contribution in [0.3, 0.4) is 0 Å². The van der Waals surface area contributed by atoms with E-state index in [0.717, 1.165) is 0 Å². The molecule has 0 amide bonds. The van der Waals surface area contributed by atoms with Gasteiger partial charge >= 0.3 is 0 Å². The molecular formula is C65H6O2. The first kappa shape index (κ1) is 24.3. The lowest BCUT2D eigenvalue weighted by molar-refractivity contribution is -0.120. The van der Waals surface area contributed by atoms with Gasteiger partial charge in [-0.05, 0) is 319 Å². The molecule has 0 heterocycles. The topological polar surface area (TPSA) is 26.3 Å². The number of ether oxygens (including phenoxy) is 1. The number of methoxy groups -OCH3 is 1. The van der Waals surface area contributed by atoms with E-state index in [1.807, 2.05) is 0 Å². The predicted octanol–water partition coefficient (Wildman–Crippen LogP) is 16.8. The minimum atomic E-state index is -0.572. The van der Waals surface area contributed by atoms with E-state index in [9.17, 15) is 0 Å². The zero-order chi connectivity index (χ0) is 39.8. The average Bonchev–Trinajstić information content (AvgIpc) is 4.20. The highest BCUT2D eigenvalue weighted by molar-refractivity contribution is 6.82.